The van der Waals surface area contributed by atoms with Crippen LogP contribution in [0.3, 0.4) is 0 Å². The Hall–Kier alpha value is -1.73. The molecule has 7 heteroatoms. The van der Waals surface area contributed by atoms with Gasteiger partial charge in [-0.05, 0) is 46.3 Å². The van der Waals surface area contributed by atoms with Crippen LogP contribution in [0.25, 0.3) is 0 Å². The third-order valence-electron chi connectivity index (χ3n) is 2.22. The van der Waals surface area contributed by atoms with Gasteiger partial charge in [-0.1, -0.05) is 0 Å². The first-order valence-electron chi connectivity index (χ1n) is 5.07. The Morgan fingerprint density at radius 3 is 2.47 bits per heavy atom. The minimum Gasteiger partial charge on any atom is -0.477 e. The van der Waals surface area contributed by atoms with Crippen molar-refractivity contribution in [2.45, 2.75) is 0 Å². The van der Waals surface area contributed by atoms with Gasteiger partial charge in [0, 0.05) is 5.69 Å². The zero-order chi connectivity index (χ0) is 14.0. The molecule has 2 aromatic rings. The number of thiophene rings is 1. The number of carboxylic acids is 1. The highest BCUT2D eigenvalue weighted by Gasteiger charge is 2.13. The summed E-state index contributed by atoms with van der Waals surface area (Å²) in [5, 5.41) is 11.3. The first-order chi connectivity index (χ1) is 8.97. The number of amides is 1. The van der Waals surface area contributed by atoms with Gasteiger partial charge in [0.2, 0.25) is 0 Å². The number of carbonyl (C=O) groups excluding carboxylic acids is 1. The van der Waals surface area contributed by atoms with Crippen LogP contribution in [0, 0.1) is 5.82 Å². The van der Waals surface area contributed by atoms with Gasteiger partial charge in [-0.2, -0.15) is 0 Å². The molecule has 2 N–H and O–H groups in total. The Kier molecular flexibility index (Phi) is 3.96. The van der Waals surface area contributed by atoms with Crippen molar-refractivity contribution in [2.75, 3.05) is 5.32 Å². The van der Waals surface area contributed by atoms with Gasteiger partial charge in [0.1, 0.15) is 10.7 Å². The maximum Gasteiger partial charge on any atom is 0.345 e. The molecule has 1 amide bonds. The molecule has 98 valence electrons. The van der Waals surface area contributed by atoms with E-state index in [1.54, 1.807) is 0 Å². The van der Waals surface area contributed by atoms with Crippen LogP contribution in [0.4, 0.5) is 10.1 Å². The molecule has 0 aliphatic heterocycles. The summed E-state index contributed by atoms with van der Waals surface area (Å²) < 4.78 is 13.3. The van der Waals surface area contributed by atoms with Crippen molar-refractivity contribution in [3.05, 3.63) is 50.4 Å². The van der Waals surface area contributed by atoms with Crippen molar-refractivity contribution in [3.63, 3.8) is 0 Å². The Morgan fingerprint density at radius 1 is 1.21 bits per heavy atom. The summed E-state index contributed by atoms with van der Waals surface area (Å²) in [6.45, 7) is 0. The van der Waals surface area contributed by atoms with Crippen molar-refractivity contribution in [1.82, 2.24) is 0 Å². The van der Waals surface area contributed by atoms with E-state index >= 15 is 0 Å². The molecule has 0 unspecified atom stereocenters. The number of carboxylic acid groups (broad SMARTS) is 1. The van der Waals surface area contributed by atoms with E-state index in [-0.39, 0.29) is 14.2 Å². The lowest BCUT2D eigenvalue weighted by molar-refractivity contribution is 0.0702. The summed E-state index contributed by atoms with van der Waals surface area (Å²) in [4.78, 5) is 22.9. The highest BCUT2D eigenvalue weighted by atomic mass is 79.9. The summed E-state index contributed by atoms with van der Waals surface area (Å²) in [6.07, 6.45) is 0. The predicted octanol–water partition coefficient (Wildman–Crippen LogP) is 3.60. The molecular formula is C12H7BrFNO3S. The van der Waals surface area contributed by atoms with Crippen LogP contribution in [-0.4, -0.2) is 17.0 Å². The molecule has 1 heterocycles. The SMILES string of the molecule is O=C(O)c1ccc(C(=O)Nc2ccc(F)c(Br)c2)s1. The van der Waals surface area contributed by atoms with Crippen LogP contribution in [0.2, 0.25) is 0 Å². The van der Waals surface area contributed by atoms with Crippen LogP contribution >= 0.6 is 27.3 Å². The second-order valence-electron chi connectivity index (χ2n) is 3.55. The first kappa shape index (κ1) is 13.7. The van der Waals surface area contributed by atoms with E-state index in [1.807, 2.05) is 0 Å². The van der Waals surface area contributed by atoms with E-state index in [0.717, 1.165) is 11.3 Å². The smallest absolute Gasteiger partial charge is 0.345 e. The maximum atomic E-state index is 13.0. The summed E-state index contributed by atoms with van der Waals surface area (Å²) in [5.41, 5.74) is 0.420. The first-order valence-corrected chi connectivity index (χ1v) is 6.68. The molecule has 0 radical (unpaired) electrons. The van der Waals surface area contributed by atoms with Gasteiger partial charge in [-0.15, -0.1) is 11.3 Å². The molecule has 0 spiro atoms. The normalized spacial score (nSPS) is 10.2. The number of halogens is 2. The summed E-state index contributed by atoms with van der Waals surface area (Å²) in [6, 6.07) is 6.87. The van der Waals surface area contributed by atoms with Crippen LogP contribution < -0.4 is 5.32 Å². The molecule has 19 heavy (non-hydrogen) atoms. The van der Waals surface area contributed by atoms with Gasteiger partial charge in [0.25, 0.3) is 5.91 Å². The van der Waals surface area contributed by atoms with Crippen molar-refractivity contribution < 1.29 is 19.1 Å². The van der Waals surface area contributed by atoms with Crippen LogP contribution in [-0.2, 0) is 0 Å². The van der Waals surface area contributed by atoms with Gasteiger partial charge in [-0.25, -0.2) is 9.18 Å². The molecule has 1 aromatic heterocycles. The Morgan fingerprint density at radius 2 is 1.89 bits per heavy atom. The largest absolute Gasteiger partial charge is 0.477 e. The lowest BCUT2D eigenvalue weighted by Gasteiger charge is -2.04. The average Bonchev–Trinajstić information content (AvgIpc) is 2.83. The van der Waals surface area contributed by atoms with Gasteiger partial charge >= 0.3 is 5.97 Å². The minimum atomic E-state index is -1.08. The zero-order valence-electron chi connectivity index (χ0n) is 9.31. The van der Waals surface area contributed by atoms with Crippen LogP contribution in [0.15, 0.2) is 34.8 Å². The number of hydrogen-bond donors (Lipinski definition) is 2. The van der Waals surface area contributed by atoms with Crippen molar-refractivity contribution in [2.24, 2.45) is 0 Å². The Balaban J connectivity index is 2.15. The van der Waals surface area contributed by atoms with Gasteiger partial charge in [0.05, 0.1) is 9.35 Å². The Bertz CT molecular complexity index is 656. The number of carbonyl (C=O) groups is 2. The molecule has 4 nitrogen and oxygen atoms in total. The highest BCUT2D eigenvalue weighted by molar-refractivity contribution is 9.10. The third kappa shape index (κ3) is 3.18. The fraction of sp³-hybridized carbons (Fsp3) is 0. The predicted molar refractivity (Wildman–Crippen MR) is 73.3 cm³/mol. The summed E-state index contributed by atoms with van der Waals surface area (Å²) in [5.74, 6) is -1.94. The quantitative estimate of drug-likeness (QED) is 0.894. The Labute approximate surface area is 120 Å². The number of rotatable bonds is 3. The number of hydrogen-bond acceptors (Lipinski definition) is 3. The van der Waals surface area contributed by atoms with Crippen LogP contribution in [0.5, 0.6) is 0 Å². The maximum absolute atomic E-state index is 13.0. The number of benzene rings is 1. The van der Waals surface area contributed by atoms with Gasteiger partial charge in [-0.3, -0.25) is 4.79 Å². The average molecular weight is 344 g/mol. The van der Waals surface area contributed by atoms with Crippen molar-refractivity contribution in [1.29, 1.82) is 0 Å². The third-order valence-corrected chi connectivity index (χ3v) is 3.90. The molecule has 0 fully saturated rings. The van der Waals surface area contributed by atoms with Gasteiger partial charge in [0.15, 0.2) is 0 Å². The molecular weight excluding hydrogens is 337 g/mol. The summed E-state index contributed by atoms with van der Waals surface area (Å²) in [7, 11) is 0. The second kappa shape index (κ2) is 5.50. The summed E-state index contributed by atoms with van der Waals surface area (Å²) >= 11 is 3.89. The molecule has 0 bridgehead atoms. The second-order valence-corrected chi connectivity index (χ2v) is 5.49. The molecule has 0 aliphatic rings. The minimum absolute atomic E-state index is 0.0884. The molecule has 0 saturated carbocycles. The molecule has 1 aromatic carbocycles. The fourth-order valence-electron chi connectivity index (χ4n) is 1.34. The van der Waals surface area contributed by atoms with E-state index < -0.39 is 17.7 Å². The van der Waals surface area contributed by atoms with Crippen LogP contribution in [0.1, 0.15) is 19.3 Å². The lowest BCUT2D eigenvalue weighted by atomic mass is 10.3. The van der Waals surface area contributed by atoms with E-state index in [9.17, 15) is 14.0 Å². The number of anilines is 1. The lowest BCUT2D eigenvalue weighted by Crippen LogP contribution is -2.10. The number of aromatic carboxylic acids is 1. The molecule has 2 rings (SSSR count). The van der Waals surface area contributed by atoms with Crippen molar-refractivity contribution in [3.8, 4) is 0 Å². The highest BCUT2D eigenvalue weighted by Crippen LogP contribution is 2.22. The van der Waals surface area contributed by atoms with Crippen molar-refractivity contribution >= 4 is 44.8 Å². The monoisotopic (exact) mass is 343 g/mol. The van der Waals surface area contributed by atoms with E-state index in [0.29, 0.717) is 5.69 Å². The van der Waals surface area contributed by atoms with E-state index in [1.165, 1.54) is 30.3 Å². The zero-order valence-corrected chi connectivity index (χ0v) is 11.7. The number of nitrogens with one attached hydrogen (secondary N) is 1. The molecule has 0 saturated heterocycles. The van der Waals surface area contributed by atoms with E-state index in [2.05, 4.69) is 21.2 Å². The standard InChI is InChI=1S/C12H7BrFNO3S/c13-7-5-6(1-2-8(7)14)15-11(16)9-3-4-10(19-9)12(17)18/h1-5H,(H,15,16)(H,17,18). The fourth-order valence-corrected chi connectivity index (χ4v) is 2.46. The van der Waals surface area contributed by atoms with E-state index in [4.69, 9.17) is 5.11 Å². The van der Waals surface area contributed by atoms with Gasteiger partial charge < -0.3 is 10.4 Å². The topological polar surface area (TPSA) is 66.4 Å². The molecule has 0 atom stereocenters. The molecule has 0 aliphatic carbocycles.